The van der Waals surface area contributed by atoms with Crippen LogP contribution >= 0.6 is 15.9 Å². The van der Waals surface area contributed by atoms with E-state index in [0.717, 1.165) is 33.8 Å². The number of ether oxygens (including phenoxy) is 2. The maximum Gasteiger partial charge on any atom is 0.131 e. The molecular weight excluding hydrogens is 330 g/mol. The molecule has 0 amide bonds. The Kier molecular flexibility index (Phi) is 4.46. The van der Waals surface area contributed by atoms with Crippen LogP contribution in [0.5, 0.6) is 17.2 Å². The number of methoxy groups -OCH3 is 1. The maximum absolute atomic E-state index is 6.02. The van der Waals surface area contributed by atoms with Crippen LogP contribution < -0.4 is 14.8 Å². The van der Waals surface area contributed by atoms with Crippen LogP contribution in [0.3, 0.4) is 0 Å². The van der Waals surface area contributed by atoms with Crippen molar-refractivity contribution >= 4 is 15.9 Å². The van der Waals surface area contributed by atoms with Crippen molar-refractivity contribution in [1.29, 1.82) is 0 Å². The lowest BCUT2D eigenvalue weighted by Crippen LogP contribution is -2.15. The molecule has 2 aromatic carbocycles. The molecule has 1 aliphatic carbocycles. The highest BCUT2D eigenvalue weighted by atomic mass is 79.9. The van der Waals surface area contributed by atoms with Crippen LogP contribution in [0.15, 0.2) is 46.9 Å². The van der Waals surface area contributed by atoms with E-state index < -0.39 is 0 Å². The highest BCUT2D eigenvalue weighted by molar-refractivity contribution is 9.10. The van der Waals surface area contributed by atoms with E-state index >= 15 is 0 Å². The fraction of sp³-hybridized carbons (Fsp3) is 0.294. The Labute approximate surface area is 133 Å². The molecule has 0 heterocycles. The summed E-state index contributed by atoms with van der Waals surface area (Å²) in [4.78, 5) is 0. The molecule has 0 spiro atoms. The van der Waals surface area contributed by atoms with Gasteiger partial charge in [0.1, 0.15) is 17.2 Å². The number of hydrogen-bond donors (Lipinski definition) is 1. The van der Waals surface area contributed by atoms with Gasteiger partial charge in [0.2, 0.25) is 0 Å². The molecule has 4 heteroatoms. The summed E-state index contributed by atoms with van der Waals surface area (Å²) in [6, 6.07) is 14.4. The van der Waals surface area contributed by atoms with Crippen LogP contribution in [0.25, 0.3) is 0 Å². The van der Waals surface area contributed by atoms with Crippen molar-refractivity contribution in [1.82, 2.24) is 5.32 Å². The summed E-state index contributed by atoms with van der Waals surface area (Å²) < 4.78 is 12.3. The zero-order valence-corrected chi connectivity index (χ0v) is 13.5. The molecule has 3 rings (SSSR count). The van der Waals surface area contributed by atoms with Crippen LogP contribution in [0.4, 0.5) is 0 Å². The molecule has 1 aliphatic rings. The van der Waals surface area contributed by atoms with Crippen LogP contribution in [0.2, 0.25) is 0 Å². The number of nitrogens with one attached hydrogen (secondary N) is 1. The van der Waals surface area contributed by atoms with Gasteiger partial charge in [-0.25, -0.2) is 0 Å². The molecule has 110 valence electrons. The van der Waals surface area contributed by atoms with Gasteiger partial charge < -0.3 is 14.8 Å². The van der Waals surface area contributed by atoms with E-state index in [9.17, 15) is 0 Å². The van der Waals surface area contributed by atoms with E-state index in [-0.39, 0.29) is 0 Å². The second-order valence-electron chi connectivity index (χ2n) is 5.19. The quantitative estimate of drug-likeness (QED) is 0.834. The van der Waals surface area contributed by atoms with Gasteiger partial charge in [-0.2, -0.15) is 0 Å². The van der Waals surface area contributed by atoms with Crippen LogP contribution in [0, 0.1) is 0 Å². The highest BCUT2D eigenvalue weighted by Gasteiger charge is 2.20. The van der Waals surface area contributed by atoms with Crippen molar-refractivity contribution in [2.24, 2.45) is 0 Å². The Hall–Kier alpha value is -1.52. The molecule has 0 atom stereocenters. The van der Waals surface area contributed by atoms with Gasteiger partial charge in [-0.15, -0.1) is 0 Å². The number of hydrogen-bond acceptors (Lipinski definition) is 3. The summed E-state index contributed by atoms with van der Waals surface area (Å²) in [5.41, 5.74) is 1.15. The first-order valence-corrected chi connectivity index (χ1v) is 7.87. The molecular formula is C17H18BrNO2. The van der Waals surface area contributed by atoms with Gasteiger partial charge in [0.15, 0.2) is 0 Å². The lowest BCUT2D eigenvalue weighted by Gasteiger charge is -2.13. The van der Waals surface area contributed by atoms with Crippen molar-refractivity contribution in [3.05, 3.63) is 52.5 Å². The molecule has 1 fully saturated rings. The topological polar surface area (TPSA) is 30.5 Å². The summed E-state index contributed by atoms with van der Waals surface area (Å²) in [6.45, 7) is 0.823. The van der Waals surface area contributed by atoms with Crippen molar-refractivity contribution < 1.29 is 9.47 Å². The highest BCUT2D eigenvalue weighted by Crippen LogP contribution is 2.30. The molecule has 0 aliphatic heterocycles. The van der Waals surface area contributed by atoms with Crippen LogP contribution in [-0.2, 0) is 6.54 Å². The van der Waals surface area contributed by atoms with Gasteiger partial charge >= 0.3 is 0 Å². The maximum atomic E-state index is 6.02. The second kappa shape index (κ2) is 6.50. The zero-order valence-electron chi connectivity index (χ0n) is 11.9. The Morgan fingerprint density at radius 3 is 2.71 bits per heavy atom. The third-order valence-corrected chi connectivity index (χ3v) is 3.94. The average molecular weight is 348 g/mol. The Balaban J connectivity index is 1.79. The predicted octanol–water partition coefficient (Wildman–Crippen LogP) is 4.50. The van der Waals surface area contributed by atoms with Gasteiger partial charge in [0, 0.05) is 28.7 Å². The SMILES string of the molecule is COc1cccc(Oc2ccc(Br)cc2CNC2CC2)c1. The third-order valence-electron chi connectivity index (χ3n) is 3.45. The minimum atomic E-state index is 0.675. The lowest BCUT2D eigenvalue weighted by atomic mass is 10.2. The lowest BCUT2D eigenvalue weighted by molar-refractivity contribution is 0.408. The predicted molar refractivity (Wildman–Crippen MR) is 87.1 cm³/mol. The van der Waals surface area contributed by atoms with Crippen molar-refractivity contribution in [2.45, 2.75) is 25.4 Å². The molecule has 0 bridgehead atoms. The van der Waals surface area contributed by atoms with Gasteiger partial charge in [0.05, 0.1) is 7.11 Å². The Morgan fingerprint density at radius 2 is 1.95 bits per heavy atom. The molecule has 0 aromatic heterocycles. The zero-order chi connectivity index (χ0) is 14.7. The van der Waals surface area contributed by atoms with E-state index in [2.05, 4.69) is 27.3 Å². The number of halogens is 1. The first-order chi connectivity index (χ1) is 10.2. The van der Waals surface area contributed by atoms with Gasteiger partial charge in [0.25, 0.3) is 0 Å². The minimum Gasteiger partial charge on any atom is -0.497 e. The third kappa shape index (κ3) is 3.99. The Morgan fingerprint density at radius 1 is 1.14 bits per heavy atom. The summed E-state index contributed by atoms with van der Waals surface area (Å²) in [7, 11) is 1.66. The van der Waals surface area contributed by atoms with Crippen LogP contribution in [-0.4, -0.2) is 13.2 Å². The largest absolute Gasteiger partial charge is 0.497 e. The molecule has 0 unspecified atom stereocenters. The fourth-order valence-electron chi connectivity index (χ4n) is 2.12. The second-order valence-corrected chi connectivity index (χ2v) is 6.10. The molecule has 2 aromatic rings. The molecule has 0 saturated heterocycles. The van der Waals surface area contributed by atoms with Gasteiger partial charge in [-0.1, -0.05) is 22.0 Å². The first kappa shape index (κ1) is 14.4. The van der Waals surface area contributed by atoms with Crippen molar-refractivity contribution in [3.63, 3.8) is 0 Å². The Bertz CT molecular complexity index is 626. The molecule has 1 saturated carbocycles. The smallest absolute Gasteiger partial charge is 0.131 e. The number of benzene rings is 2. The normalized spacial score (nSPS) is 14.0. The van der Waals surface area contributed by atoms with E-state index in [1.54, 1.807) is 7.11 Å². The minimum absolute atomic E-state index is 0.675. The van der Waals surface area contributed by atoms with E-state index in [1.807, 2.05) is 36.4 Å². The first-order valence-electron chi connectivity index (χ1n) is 7.08. The summed E-state index contributed by atoms with van der Waals surface area (Å²) >= 11 is 3.52. The van der Waals surface area contributed by atoms with E-state index in [1.165, 1.54) is 12.8 Å². The molecule has 21 heavy (non-hydrogen) atoms. The van der Waals surface area contributed by atoms with Gasteiger partial charge in [-0.3, -0.25) is 0 Å². The van der Waals surface area contributed by atoms with E-state index in [4.69, 9.17) is 9.47 Å². The van der Waals surface area contributed by atoms with Crippen LogP contribution in [0.1, 0.15) is 18.4 Å². The standard InChI is InChI=1S/C17H18BrNO2/c1-20-15-3-2-4-16(10-15)21-17-8-5-13(18)9-12(17)11-19-14-6-7-14/h2-5,8-10,14,19H,6-7,11H2,1H3. The number of rotatable bonds is 6. The van der Waals surface area contributed by atoms with Crippen molar-refractivity contribution in [2.75, 3.05) is 7.11 Å². The molecule has 0 radical (unpaired) electrons. The van der Waals surface area contributed by atoms with Crippen molar-refractivity contribution in [3.8, 4) is 17.2 Å². The molecule has 1 N–H and O–H groups in total. The summed E-state index contributed by atoms with van der Waals surface area (Å²) in [5, 5.41) is 3.52. The molecule has 3 nitrogen and oxygen atoms in total. The fourth-order valence-corrected chi connectivity index (χ4v) is 2.53. The monoisotopic (exact) mass is 347 g/mol. The van der Waals surface area contributed by atoms with Gasteiger partial charge in [-0.05, 0) is 43.2 Å². The summed E-state index contributed by atoms with van der Waals surface area (Å²) in [6.07, 6.45) is 2.56. The van der Waals surface area contributed by atoms with E-state index in [0.29, 0.717) is 6.04 Å². The summed E-state index contributed by atoms with van der Waals surface area (Å²) in [5.74, 6) is 2.45. The average Bonchev–Trinajstić information content (AvgIpc) is 3.32.